The van der Waals surface area contributed by atoms with Gasteiger partial charge in [0.1, 0.15) is 0 Å². The van der Waals surface area contributed by atoms with Crippen molar-refractivity contribution >= 4 is 63.8 Å². The second-order valence-corrected chi connectivity index (χ2v) is 1.87. The summed E-state index contributed by atoms with van der Waals surface area (Å²) < 4.78 is 4.11. The third kappa shape index (κ3) is 3.60. The van der Waals surface area contributed by atoms with Crippen LogP contribution >= 0.6 is 0 Å². The molecule has 0 bridgehead atoms. The van der Waals surface area contributed by atoms with Gasteiger partial charge in [0, 0.05) is 51.4 Å². The van der Waals surface area contributed by atoms with Crippen LogP contribution in [0, 0.1) is 0 Å². The molecule has 0 N–H and O–H groups in total. The first-order chi connectivity index (χ1) is 5.34. The maximum Gasteiger partial charge on any atom is 0.345 e. The van der Waals surface area contributed by atoms with E-state index in [0.29, 0.717) is 5.56 Å². The molecule has 1 aromatic rings. The summed E-state index contributed by atoms with van der Waals surface area (Å²) in [7, 11) is 0. The zero-order valence-corrected chi connectivity index (χ0v) is 9.81. The molecule has 1 rings (SSSR count). The van der Waals surface area contributed by atoms with E-state index in [1.54, 1.807) is 30.3 Å². The van der Waals surface area contributed by atoms with Crippen molar-refractivity contribution in [1.29, 1.82) is 0 Å². The first kappa shape index (κ1) is 12.0. The van der Waals surface area contributed by atoms with Gasteiger partial charge in [0.05, 0.1) is 5.56 Å². The fourth-order valence-corrected chi connectivity index (χ4v) is 0.686. The quantitative estimate of drug-likeness (QED) is 0.296. The summed E-state index contributed by atoms with van der Waals surface area (Å²) in [6, 6.07) is 8.32. The van der Waals surface area contributed by atoms with Crippen LogP contribution in [0.5, 0.6) is 0 Å². The molecular formula is C8H6KO3. The van der Waals surface area contributed by atoms with Gasteiger partial charge in [-0.25, -0.2) is 4.79 Å². The van der Waals surface area contributed by atoms with Crippen molar-refractivity contribution in [2.75, 3.05) is 0 Å². The van der Waals surface area contributed by atoms with E-state index in [9.17, 15) is 9.59 Å². The molecule has 0 aromatic heterocycles. The monoisotopic (exact) mass is 189 g/mol. The maximum absolute atomic E-state index is 10.8. The van der Waals surface area contributed by atoms with Crippen molar-refractivity contribution in [1.82, 2.24) is 0 Å². The zero-order valence-electron chi connectivity index (χ0n) is 6.69. The third-order valence-corrected chi connectivity index (χ3v) is 1.16. The number of esters is 1. The van der Waals surface area contributed by atoms with Crippen molar-refractivity contribution in [3.63, 3.8) is 0 Å². The fraction of sp³-hybridized carbons (Fsp3) is 0. The minimum absolute atomic E-state index is 0. The van der Waals surface area contributed by atoms with Crippen molar-refractivity contribution in [3.05, 3.63) is 35.9 Å². The molecule has 0 spiro atoms. The Labute approximate surface area is 113 Å². The Balaban J connectivity index is 0.00000121. The summed E-state index contributed by atoms with van der Waals surface area (Å²) in [6.45, 7) is 0.120. The van der Waals surface area contributed by atoms with Gasteiger partial charge in [0.2, 0.25) is 0 Å². The van der Waals surface area contributed by atoms with E-state index in [1.165, 1.54) is 0 Å². The second-order valence-electron chi connectivity index (χ2n) is 1.87. The van der Waals surface area contributed by atoms with Crippen molar-refractivity contribution in [2.24, 2.45) is 0 Å². The molecule has 0 amide bonds. The van der Waals surface area contributed by atoms with E-state index in [4.69, 9.17) is 0 Å². The summed E-state index contributed by atoms with van der Waals surface area (Å²) in [5.41, 5.74) is 0.375. The number of hydrogen-bond acceptors (Lipinski definition) is 3. The molecule has 3 nitrogen and oxygen atoms in total. The van der Waals surface area contributed by atoms with Gasteiger partial charge >= 0.3 is 12.4 Å². The summed E-state index contributed by atoms with van der Waals surface area (Å²) in [4.78, 5) is 20.5. The second kappa shape index (κ2) is 6.51. The molecular weight excluding hydrogens is 183 g/mol. The first-order valence-electron chi connectivity index (χ1n) is 3.04. The van der Waals surface area contributed by atoms with Gasteiger partial charge < -0.3 is 4.74 Å². The SMILES string of the molecule is O=COC(=O)c1ccccc1.[K]. The van der Waals surface area contributed by atoms with Crippen LogP contribution in [0.3, 0.4) is 0 Å². The Bertz CT molecular complexity index is 258. The van der Waals surface area contributed by atoms with Gasteiger partial charge in [-0.3, -0.25) is 4.79 Å². The molecule has 0 saturated heterocycles. The molecule has 0 aliphatic rings. The van der Waals surface area contributed by atoms with Crippen LogP contribution in [0.25, 0.3) is 0 Å². The van der Waals surface area contributed by atoms with Gasteiger partial charge in [-0.05, 0) is 12.1 Å². The topological polar surface area (TPSA) is 43.4 Å². The number of rotatable bonds is 2. The Kier molecular flexibility index (Phi) is 6.50. The zero-order chi connectivity index (χ0) is 8.10. The average molecular weight is 189 g/mol. The Morgan fingerprint density at radius 2 is 1.83 bits per heavy atom. The molecule has 0 heterocycles. The van der Waals surface area contributed by atoms with Crippen molar-refractivity contribution in [2.45, 2.75) is 0 Å². The molecule has 0 saturated carbocycles. The van der Waals surface area contributed by atoms with E-state index in [0.717, 1.165) is 0 Å². The van der Waals surface area contributed by atoms with Crippen LogP contribution in [0.4, 0.5) is 0 Å². The summed E-state index contributed by atoms with van der Waals surface area (Å²) in [5, 5.41) is 0. The van der Waals surface area contributed by atoms with E-state index in [2.05, 4.69) is 4.74 Å². The van der Waals surface area contributed by atoms with E-state index < -0.39 is 5.97 Å². The summed E-state index contributed by atoms with van der Waals surface area (Å²) >= 11 is 0. The Morgan fingerprint density at radius 3 is 2.33 bits per heavy atom. The maximum atomic E-state index is 10.8. The molecule has 1 radical (unpaired) electrons. The van der Waals surface area contributed by atoms with Crippen molar-refractivity contribution < 1.29 is 14.3 Å². The van der Waals surface area contributed by atoms with Gasteiger partial charge in [-0.1, -0.05) is 18.2 Å². The largest absolute Gasteiger partial charge is 0.392 e. The van der Waals surface area contributed by atoms with Crippen LogP contribution < -0.4 is 0 Å². The molecule has 0 aliphatic carbocycles. The van der Waals surface area contributed by atoms with Crippen LogP contribution in [-0.4, -0.2) is 63.8 Å². The first-order valence-corrected chi connectivity index (χ1v) is 3.04. The van der Waals surface area contributed by atoms with Crippen LogP contribution in [0.15, 0.2) is 30.3 Å². The summed E-state index contributed by atoms with van der Waals surface area (Å²) in [5.74, 6) is -0.624. The standard InChI is InChI=1S/C8H6O3.K/c9-6-11-8(10)7-4-2-1-3-5-7;/h1-6H;. The van der Waals surface area contributed by atoms with E-state index in [-0.39, 0.29) is 57.9 Å². The van der Waals surface area contributed by atoms with Gasteiger partial charge in [0.25, 0.3) is 0 Å². The minimum Gasteiger partial charge on any atom is -0.392 e. The van der Waals surface area contributed by atoms with E-state index in [1.807, 2.05) is 0 Å². The smallest absolute Gasteiger partial charge is 0.345 e. The Morgan fingerprint density at radius 1 is 1.25 bits per heavy atom. The van der Waals surface area contributed by atoms with Gasteiger partial charge in [0.15, 0.2) is 0 Å². The van der Waals surface area contributed by atoms with Crippen molar-refractivity contribution in [3.8, 4) is 0 Å². The third-order valence-electron chi connectivity index (χ3n) is 1.16. The van der Waals surface area contributed by atoms with Crippen LogP contribution in [-0.2, 0) is 9.53 Å². The van der Waals surface area contributed by atoms with E-state index >= 15 is 0 Å². The van der Waals surface area contributed by atoms with Gasteiger partial charge in [-0.2, -0.15) is 0 Å². The molecule has 0 atom stereocenters. The molecule has 0 unspecified atom stereocenters. The Hall–Kier alpha value is -0.00364. The summed E-state index contributed by atoms with van der Waals surface area (Å²) in [6.07, 6.45) is 0. The number of carbonyl (C=O) groups excluding carboxylic acids is 2. The normalized spacial score (nSPS) is 8.00. The average Bonchev–Trinajstić information content (AvgIpc) is 2.07. The molecule has 57 valence electrons. The number of carbonyl (C=O) groups is 2. The fourth-order valence-electron chi connectivity index (χ4n) is 0.686. The van der Waals surface area contributed by atoms with Gasteiger partial charge in [-0.15, -0.1) is 0 Å². The predicted octanol–water partition coefficient (Wildman–Crippen LogP) is 0.619. The van der Waals surface area contributed by atoms with Crippen LogP contribution in [0.2, 0.25) is 0 Å². The van der Waals surface area contributed by atoms with Crippen LogP contribution in [0.1, 0.15) is 10.4 Å². The molecule has 4 heteroatoms. The molecule has 12 heavy (non-hydrogen) atoms. The molecule has 1 aromatic carbocycles. The molecule has 0 fully saturated rings. The molecule has 0 aliphatic heterocycles. The number of benzene rings is 1. The minimum atomic E-state index is -0.624. The number of hydrogen-bond donors (Lipinski definition) is 0. The number of ether oxygens (including phenoxy) is 1. The predicted molar refractivity (Wildman–Crippen MR) is 43.7 cm³/mol.